The van der Waals surface area contributed by atoms with Crippen LogP contribution < -0.4 is 0 Å². The lowest BCUT2D eigenvalue weighted by atomic mass is 10.3. The Balaban J connectivity index is 2.17. The van der Waals surface area contributed by atoms with E-state index in [0.29, 0.717) is 26.2 Å². The molecule has 0 bridgehead atoms. The van der Waals surface area contributed by atoms with Gasteiger partial charge in [0, 0.05) is 23.2 Å². The van der Waals surface area contributed by atoms with Gasteiger partial charge in [-0.2, -0.15) is 9.78 Å². The van der Waals surface area contributed by atoms with Gasteiger partial charge in [0.05, 0.1) is 21.5 Å². The van der Waals surface area contributed by atoms with Crippen molar-refractivity contribution >= 4 is 45.0 Å². The summed E-state index contributed by atoms with van der Waals surface area (Å²) in [6.07, 6.45) is 4.93. The number of aromatic nitrogens is 5. The molecule has 0 fully saturated rings. The first-order chi connectivity index (χ1) is 12.4. The van der Waals surface area contributed by atoms with Crippen molar-refractivity contribution in [3.8, 4) is 16.4 Å². The topological polar surface area (TPSA) is 82.8 Å². The van der Waals surface area contributed by atoms with Gasteiger partial charge in [0.1, 0.15) is 12.0 Å². The van der Waals surface area contributed by atoms with Crippen LogP contribution in [-0.2, 0) is 4.74 Å². The van der Waals surface area contributed by atoms with Gasteiger partial charge in [0.2, 0.25) is 5.13 Å². The number of ether oxygens (including phenoxy) is 1. The van der Waals surface area contributed by atoms with Crippen molar-refractivity contribution in [3.63, 3.8) is 0 Å². The molecule has 10 heteroatoms. The third-order valence-corrected chi connectivity index (χ3v) is 6.50. The second-order valence-electron chi connectivity index (χ2n) is 5.58. The van der Waals surface area contributed by atoms with Crippen molar-refractivity contribution in [1.82, 2.24) is 24.7 Å². The number of thioether (sulfide) groups is 1. The minimum absolute atomic E-state index is 0.315. The largest absolute Gasteiger partial charge is 0.464 e. The Morgan fingerprint density at radius 2 is 2.04 bits per heavy atom. The molecule has 0 aromatic carbocycles. The molecule has 0 amide bonds. The summed E-state index contributed by atoms with van der Waals surface area (Å²) in [6.45, 7) is 6.05. The molecular formula is C16H16BrN5O2S2. The van der Waals surface area contributed by atoms with E-state index in [0.717, 1.165) is 15.5 Å². The number of methoxy groups -OCH3 is 1. The quantitative estimate of drug-likeness (QED) is 0.423. The van der Waals surface area contributed by atoms with E-state index in [1.807, 2.05) is 6.92 Å². The Bertz CT molecular complexity index is 940. The number of rotatable bonds is 5. The van der Waals surface area contributed by atoms with Gasteiger partial charge in [-0.3, -0.25) is 0 Å². The highest BCUT2D eigenvalue weighted by Crippen LogP contribution is 2.40. The molecule has 3 heterocycles. The molecule has 0 aliphatic carbocycles. The number of hydrogen-bond donors (Lipinski definition) is 0. The van der Waals surface area contributed by atoms with Gasteiger partial charge in [-0.25, -0.2) is 19.7 Å². The number of hydrogen-bond acceptors (Lipinski definition) is 8. The van der Waals surface area contributed by atoms with Crippen molar-refractivity contribution in [2.75, 3.05) is 7.11 Å². The Morgan fingerprint density at radius 1 is 1.35 bits per heavy atom. The van der Waals surface area contributed by atoms with Gasteiger partial charge >= 0.3 is 5.97 Å². The molecule has 3 rings (SSSR count). The minimum Gasteiger partial charge on any atom is -0.464 e. The second kappa shape index (κ2) is 7.85. The number of esters is 1. The van der Waals surface area contributed by atoms with Crippen molar-refractivity contribution < 1.29 is 9.53 Å². The van der Waals surface area contributed by atoms with Crippen LogP contribution in [0.15, 0.2) is 27.4 Å². The van der Waals surface area contributed by atoms with E-state index in [-0.39, 0.29) is 0 Å². The number of aryl methyl sites for hydroxylation is 1. The van der Waals surface area contributed by atoms with Crippen LogP contribution in [0.3, 0.4) is 0 Å². The number of halogens is 1. The SMILES string of the molecule is COC(=O)c1c(Br)c(C)nn1-c1nc(-c2cncnc2)c(SC(C)C)s1. The van der Waals surface area contributed by atoms with Crippen LogP contribution in [0.1, 0.15) is 30.0 Å². The lowest BCUT2D eigenvalue weighted by Gasteiger charge is -2.03. The Kier molecular flexibility index (Phi) is 5.73. The van der Waals surface area contributed by atoms with Crippen molar-refractivity contribution in [3.05, 3.63) is 34.6 Å². The second-order valence-corrected chi connectivity index (χ2v) is 9.19. The first kappa shape index (κ1) is 19.0. The predicted molar refractivity (Wildman–Crippen MR) is 105 cm³/mol. The Hall–Kier alpha value is -1.78. The molecule has 0 N–H and O–H groups in total. The standard InChI is InChI=1S/C16H16BrN5O2S2/c1-8(2)25-15-12(10-5-18-7-19-6-10)20-16(26-15)22-13(14(23)24-4)11(17)9(3)21-22/h5-8H,1-4H3. The van der Waals surface area contributed by atoms with E-state index >= 15 is 0 Å². The first-order valence-electron chi connectivity index (χ1n) is 7.69. The maximum absolute atomic E-state index is 12.2. The Labute approximate surface area is 167 Å². The van der Waals surface area contributed by atoms with Gasteiger partial charge in [0.15, 0.2) is 5.69 Å². The lowest BCUT2D eigenvalue weighted by Crippen LogP contribution is -2.10. The van der Waals surface area contributed by atoms with Crippen LogP contribution in [0, 0.1) is 6.92 Å². The zero-order valence-electron chi connectivity index (χ0n) is 14.6. The number of carbonyl (C=O) groups excluding carboxylic acids is 1. The smallest absolute Gasteiger partial charge is 0.358 e. The zero-order valence-corrected chi connectivity index (χ0v) is 17.8. The molecule has 0 saturated heterocycles. The van der Waals surface area contributed by atoms with E-state index < -0.39 is 5.97 Å². The summed E-state index contributed by atoms with van der Waals surface area (Å²) in [5, 5.41) is 5.41. The maximum Gasteiger partial charge on any atom is 0.358 e. The van der Waals surface area contributed by atoms with Crippen LogP contribution in [0.4, 0.5) is 0 Å². The molecule has 0 aliphatic rings. The minimum atomic E-state index is -0.477. The molecule has 3 aromatic heterocycles. The van der Waals surface area contributed by atoms with Gasteiger partial charge < -0.3 is 4.74 Å². The van der Waals surface area contributed by atoms with Crippen LogP contribution in [0.5, 0.6) is 0 Å². The molecule has 0 aliphatic heterocycles. The lowest BCUT2D eigenvalue weighted by molar-refractivity contribution is 0.0589. The van der Waals surface area contributed by atoms with Gasteiger partial charge in [-0.15, -0.1) is 11.8 Å². The molecule has 0 atom stereocenters. The molecule has 0 spiro atoms. The van der Waals surface area contributed by atoms with Crippen LogP contribution in [0.2, 0.25) is 0 Å². The van der Waals surface area contributed by atoms with Gasteiger partial charge in [-0.1, -0.05) is 25.2 Å². The summed E-state index contributed by atoms with van der Waals surface area (Å²) >= 11 is 6.58. The van der Waals surface area contributed by atoms with E-state index in [9.17, 15) is 4.79 Å². The van der Waals surface area contributed by atoms with E-state index in [4.69, 9.17) is 9.72 Å². The highest BCUT2D eigenvalue weighted by Gasteiger charge is 2.25. The average molecular weight is 454 g/mol. The third kappa shape index (κ3) is 3.67. The first-order valence-corrected chi connectivity index (χ1v) is 10.2. The Morgan fingerprint density at radius 3 is 2.65 bits per heavy atom. The molecule has 136 valence electrons. The molecule has 7 nitrogen and oxygen atoms in total. The summed E-state index contributed by atoms with van der Waals surface area (Å²) in [5.74, 6) is -0.477. The fourth-order valence-corrected chi connectivity index (χ4v) is 5.09. The molecular weight excluding hydrogens is 438 g/mol. The van der Waals surface area contributed by atoms with E-state index in [1.165, 1.54) is 29.5 Å². The summed E-state index contributed by atoms with van der Waals surface area (Å²) in [5.41, 5.74) is 2.60. The fourth-order valence-electron chi connectivity index (χ4n) is 2.20. The average Bonchev–Trinajstić information content (AvgIpc) is 3.16. The normalized spacial score (nSPS) is 11.2. The summed E-state index contributed by atoms with van der Waals surface area (Å²) < 4.78 is 8.04. The number of carbonyl (C=O) groups is 1. The molecule has 0 saturated carbocycles. The number of thiazole rings is 1. The van der Waals surface area contributed by atoms with Crippen LogP contribution in [0.25, 0.3) is 16.4 Å². The molecule has 26 heavy (non-hydrogen) atoms. The monoisotopic (exact) mass is 453 g/mol. The zero-order chi connectivity index (χ0) is 18.8. The van der Waals surface area contributed by atoms with Crippen molar-refractivity contribution in [2.45, 2.75) is 30.2 Å². The van der Waals surface area contributed by atoms with Crippen LogP contribution in [-0.4, -0.2) is 43.1 Å². The summed E-state index contributed by atoms with van der Waals surface area (Å²) in [7, 11) is 1.34. The highest BCUT2D eigenvalue weighted by atomic mass is 79.9. The number of nitrogens with zero attached hydrogens (tertiary/aromatic N) is 5. The van der Waals surface area contributed by atoms with Gasteiger partial charge in [-0.05, 0) is 22.9 Å². The van der Waals surface area contributed by atoms with Gasteiger partial charge in [0.25, 0.3) is 0 Å². The van der Waals surface area contributed by atoms with E-state index in [2.05, 4.69) is 44.8 Å². The molecule has 3 aromatic rings. The molecule has 0 unspecified atom stereocenters. The fraction of sp³-hybridized carbons (Fsp3) is 0.312. The summed E-state index contributed by atoms with van der Waals surface area (Å²) in [4.78, 5) is 25.1. The third-order valence-electron chi connectivity index (χ3n) is 3.31. The molecule has 0 radical (unpaired) electrons. The maximum atomic E-state index is 12.2. The van der Waals surface area contributed by atoms with Crippen molar-refractivity contribution in [1.29, 1.82) is 0 Å². The predicted octanol–water partition coefficient (Wildman–Crippen LogP) is 4.14. The van der Waals surface area contributed by atoms with Crippen molar-refractivity contribution in [2.24, 2.45) is 0 Å². The highest BCUT2D eigenvalue weighted by molar-refractivity contribution is 9.10. The summed E-state index contributed by atoms with van der Waals surface area (Å²) in [6, 6.07) is 0. The van der Waals surface area contributed by atoms with E-state index in [1.54, 1.807) is 24.2 Å². The van der Waals surface area contributed by atoms with Crippen LogP contribution >= 0.6 is 39.0 Å².